The average Bonchev–Trinajstić information content (AvgIpc) is 2.76. The third-order valence-electron chi connectivity index (χ3n) is 7.90. The van der Waals surface area contributed by atoms with Gasteiger partial charge in [0.25, 0.3) is 5.56 Å². The molecule has 2 amide bonds. The lowest BCUT2D eigenvalue weighted by atomic mass is 9.81. The van der Waals surface area contributed by atoms with Crippen molar-refractivity contribution in [1.82, 2.24) is 14.8 Å². The summed E-state index contributed by atoms with van der Waals surface area (Å²) in [6, 6.07) is 4.78. The minimum absolute atomic E-state index is 0.112. The van der Waals surface area contributed by atoms with Gasteiger partial charge in [-0.2, -0.15) is 0 Å². The summed E-state index contributed by atoms with van der Waals surface area (Å²) < 4.78 is 2.07. The number of nitrogens with one attached hydrogen (secondary N) is 1. The van der Waals surface area contributed by atoms with Crippen molar-refractivity contribution in [2.75, 3.05) is 13.1 Å². The highest BCUT2D eigenvalue weighted by Crippen LogP contribution is 2.37. The van der Waals surface area contributed by atoms with Crippen LogP contribution >= 0.6 is 0 Å². The van der Waals surface area contributed by atoms with Crippen LogP contribution in [0.15, 0.2) is 16.9 Å². The van der Waals surface area contributed by atoms with E-state index in [0.29, 0.717) is 23.8 Å². The van der Waals surface area contributed by atoms with Gasteiger partial charge in [0.05, 0.1) is 0 Å². The first-order valence-electron chi connectivity index (χ1n) is 12.0. The lowest BCUT2D eigenvalue weighted by Crippen LogP contribution is -2.53. The molecule has 5 nitrogen and oxygen atoms in total. The molecule has 4 aliphatic rings. The maximum Gasteiger partial charge on any atom is 0.317 e. The number of hydrogen-bond acceptors (Lipinski definition) is 2. The van der Waals surface area contributed by atoms with Gasteiger partial charge >= 0.3 is 6.03 Å². The Balaban J connectivity index is 1.32. The molecule has 1 N–H and O–H groups in total. The third kappa shape index (κ3) is 3.85. The van der Waals surface area contributed by atoms with E-state index in [9.17, 15) is 9.59 Å². The van der Waals surface area contributed by atoms with Crippen LogP contribution in [0.5, 0.6) is 0 Å². The maximum atomic E-state index is 13.3. The predicted octanol–water partition coefficient (Wildman–Crippen LogP) is 4.36. The molecule has 3 heterocycles. The molecule has 29 heavy (non-hydrogen) atoms. The first-order chi connectivity index (χ1) is 14.2. The number of aromatic nitrogens is 1. The number of hydrogen-bond donors (Lipinski definition) is 1. The van der Waals surface area contributed by atoms with Crippen LogP contribution in [0, 0.1) is 5.92 Å². The summed E-state index contributed by atoms with van der Waals surface area (Å²) in [7, 11) is 0. The number of fused-ring (bicyclic) bond motifs is 4. The Morgan fingerprint density at radius 2 is 1.59 bits per heavy atom. The Morgan fingerprint density at radius 1 is 0.862 bits per heavy atom. The number of carbonyl (C=O) groups excluding carboxylic acids is 1. The number of amides is 2. The van der Waals surface area contributed by atoms with Gasteiger partial charge in [-0.25, -0.2) is 4.79 Å². The smallest absolute Gasteiger partial charge is 0.317 e. The van der Waals surface area contributed by atoms with E-state index < -0.39 is 0 Å². The summed E-state index contributed by atoms with van der Waals surface area (Å²) >= 11 is 0. The van der Waals surface area contributed by atoms with E-state index in [4.69, 9.17) is 0 Å². The number of nitrogens with zero attached hydrogens (tertiary/aromatic N) is 2. The number of rotatable bonds is 2. The molecule has 1 aromatic rings. The summed E-state index contributed by atoms with van der Waals surface area (Å²) in [6.45, 7) is 2.31. The van der Waals surface area contributed by atoms with E-state index in [1.807, 2.05) is 4.90 Å². The van der Waals surface area contributed by atoms with Gasteiger partial charge in [0.15, 0.2) is 0 Å². The second-order valence-corrected chi connectivity index (χ2v) is 9.95. The molecule has 5 heteroatoms. The first-order valence-corrected chi connectivity index (χ1v) is 12.0. The van der Waals surface area contributed by atoms with Crippen molar-refractivity contribution in [1.29, 1.82) is 0 Å². The average molecular weight is 398 g/mol. The second-order valence-electron chi connectivity index (χ2n) is 9.95. The molecule has 2 aliphatic heterocycles. The molecule has 2 atom stereocenters. The van der Waals surface area contributed by atoms with Crippen LogP contribution in [0.3, 0.4) is 0 Å². The van der Waals surface area contributed by atoms with Crippen molar-refractivity contribution in [3.63, 3.8) is 0 Å². The van der Waals surface area contributed by atoms with Crippen molar-refractivity contribution < 1.29 is 4.79 Å². The van der Waals surface area contributed by atoms with Gasteiger partial charge in [0.1, 0.15) is 0 Å². The Kier molecular flexibility index (Phi) is 5.40. The van der Waals surface area contributed by atoms with Crippen molar-refractivity contribution in [3.8, 4) is 0 Å². The van der Waals surface area contributed by atoms with Crippen LogP contribution in [0.1, 0.15) is 93.7 Å². The zero-order chi connectivity index (χ0) is 19.8. The zero-order valence-corrected chi connectivity index (χ0v) is 17.6. The molecule has 0 spiro atoms. The van der Waals surface area contributed by atoms with Gasteiger partial charge in [-0.15, -0.1) is 0 Å². The Hall–Kier alpha value is -1.78. The van der Waals surface area contributed by atoms with Gasteiger partial charge in [0.2, 0.25) is 0 Å². The second kappa shape index (κ2) is 8.16. The molecule has 2 bridgehead atoms. The highest BCUT2D eigenvalue weighted by Gasteiger charge is 2.37. The number of urea groups is 1. The standard InChI is InChI=1S/C24H35N3O2/c28-23-21(18-7-3-1-4-8-18)11-12-22-19-13-17(15-27(22)23)14-26(16-19)24(29)25-20-9-5-2-6-10-20/h11-12,17-20H,1-10,13-16H2,(H,25,29)/t17-,19+/m0/s1. The summed E-state index contributed by atoms with van der Waals surface area (Å²) in [4.78, 5) is 28.2. The molecule has 5 rings (SSSR count). The topological polar surface area (TPSA) is 54.3 Å². The zero-order valence-electron chi connectivity index (χ0n) is 17.6. The van der Waals surface area contributed by atoms with E-state index in [-0.39, 0.29) is 11.6 Å². The van der Waals surface area contributed by atoms with Crippen LogP contribution in [0.25, 0.3) is 0 Å². The molecule has 0 unspecified atom stereocenters. The molecule has 1 saturated heterocycles. The van der Waals surface area contributed by atoms with Gasteiger partial charge in [-0.3, -0.25) is 4.79 Å². The quantitative estimate of drug-likeness (QED) is 0.806. The molecular formula is C24H35N3O2. The normalized spacial score (nSPS) is 28.1. The fraction of sp³-hybridized carbons (Fsp3) is 0.750. The van der Waals surface area contributed by atoms with Crippen LogP contribution in [-0.2, 0) is 6.54 Å². The number of pyridine rings is 1. The van der Waals surface area contributed by atoms with Crippen molar-refractivity contribution in [2.45, 2.75) is 95.1 Å². The van der Waals surface area contributed by atoms with Crippen LogP contribution in [-0.4, -0.2) is 34.6 Å². The van der Waals surface area contributed by atoms with E-state index in [1.165, 1.54) is 38.5 Å². The molecule has 2 aliphatic carbocycles. The number of piperidine rings is 1. The monoisotopic (exact) mass is 397 g/mol. The SMILES string of the molecule is O=C(NC1CCCCC1)N1C[C@@H]2C[C@H](C1)c1ccc(C3CCCCC3)c(=O)n1C2. The van der Waals surface area contributed by atoms with E-state index in [0.717, 1.165) is 63.0 Å². The van der Waals surface area contributed by atoms with Crippen molar-refractivity contribution >= 4 is 6.03 Å². The molecule has 158 valence electrons. The lowest BCUT2D eigenvalue weighted by Gasteiger charge is -2.43. The van der Waals surface area contributed by atoms with Gasteiger partial charge in [-0.05, 0) is 50.0 Å². The van der Waals surface area contributed by atoms with Crippen LogP contribution in [0.4, 0.5) is 4.79 Å². The lowest BCUT2D eigenvalue weighted by molar-refractivity contribution is 0.127. The van der Waals surface area contributed by atoms with Gasteiger partial charge < -0.3 is 14.8 Å². The molecular weight excluding hydrogens is 362 g/mol. The molecule has 0 aromatic carbocycles. The van der Waals surface area contributed by atoms with E-state index in [2.05, 4.69) is 22.0 Å². The minimum atomic E-state index is 0.112. The Labute approximate surface area is 173 Å². The van der Waals surface area contributed by atoms with Crippen molar-refractivity contribution in [2.24, 2.45) is 5.92 Å². The fourth-order valence-electron chi connectivity index (χ4n) is 6.37. The predicted molar refractivity (Wildman–Crippen MR) is 114 cm³/mol. The summed E-state index contributed by atoms with van der Waals surface area (Å²) in [5.41, 5.74) is 2.45. The van der Waals surface area contributed by atoms with E-state index in [1.54, 1.807) is 0 Å². The number of carbonyl (C=O) groups is 1. The summed E-state index contributed by atoms with van der Waals surface area (Å²) in [5, 5.41) is 3.28. The summed E-state index contributed by atoms with van der Waals surface area (Å²) in [5.74, 6) is 1.15. The third-order valence-corrected chi connectivity index (χ3v) is 7.90. The summed E-state index contributed by atoms with van der Waals surface area (Å²) in [6.07, 6.45) is 13.3. The van der Waals surface area contributed by atoms with Gasteiger partial charge in [-0.1, -0.05) is 44.6 Å². The van der Waals surface area contributed by atoms with E-state index >= 15 is 0 Å². The molecule has 0 radical (unpaired) electrons. The first kappa shape index (κ1) is 19.2. The largest absolute Gasteiger partial charge is 0.335 e. The van der Waals surface area contributed by atoms with Crippen LogP contribution < -0.4 is 10.9 Å². The van der Waals surface area contributed by atoms with Gasteiger partial charge in [0, 0.05) is 42.9 Å². The maximum absolute atomic E-state index is 13.3. The highest BCUT2D eigenvalue weighted by molar-refractivity contribution is 5.74. The van der Waals surface area contributed by atoms with Crippen LogP contribution in [0.2, 0.25) is 0 Å². The molecule has 3 fully saturated rings. The highest BCUT2D eigenvalue weighted by atomic mass is 16.2. The Morgan fingerprint density at radius 3 is 2.34 bits per heavy atom. The number of likely N-dealkylation sites (tertiary alicyclic amines) is 1. The molecule has 2 saturated carbocycles. The Bertz CT molecular complexity index is 805. The fourth-order valence-corrected chi connectivity index (χ4v) is 6.37. The minimum Gasteiger partial charge on any atom is -0.335 e. The van der Waals surface area contributed by atoms with Crippen molar-refractivity contribution in [3.05, 3.63) is 33.7 Å². The molecule has 1 aromatic heterocycles.